The summed E-state index contributed by atoms with van der Waals surface area (Å²) in [5, 5.41) is 5.37. The SMILES string of the molecule is CCCOc1ccc(-c2csc(NC(=O)C3CCCO3)n2)cc1. The number of nitrogens with one attached hydrogen (secondary N) is 1. The molecule has 6 heteroatoms. The summed E-state index contributed by atoms with van der Waals surface area (Å²) in [5.41, 5.74) is 1.85. The zero-order valence-electron chi connectivity index (χ0n) is 13.1. The van der Waals surface area contributed by atoms with Crippen LogP contribution in [0, 0.1) is 0 Å². The lowest BCUT2D eigenvalue weighted by Crippen LogP contribution is -2.26. The molecule has 23 heavy (non-hydrogen) atoms. The number of carbonyl (C=O) groups is 1. The summed E-state index contributed by atoms with van der Waals surface area (Å²) in [6.07, 6.45) is 2.37. The highest BCUT2D eigenvalue weighted by atomic mass is 32.1. The highest BCUT2D eigenvalue weighted by molar-refractivity contribution is 7.14. The van der Waals surface area contributed by atoms with Crippen molar-refractivity contribution in [3.63, 3.8) is 0 Å². The van der Waals surface area contributed by atoms with Crippen molar-refractivity contribution in [2.24, 2.45) is 0 Å². The van der Waals surface area contributed by atoms with Crippen LogP contribution in [0.5, 0.6) is 5.75 Å². The van der Waals surface area contributed by atoms with Crippen LogP contribution in [-0.4, -0.2) is 30.2 Å². The fourth-order valence-electron chi connectivity index (χ4n) is 2.38. The molecular formula is C17H20N2O3S. The third-order valence-corrected chi connectivity index (χ3v) is 4.34. The Kier molecular flexibility index (Phi) is 5.25. The molecule has 0 spiro atoms. The second-order valence-corrected chi connectivity index (χ2v) is 6.26. The lowest BCUT2D eigenvalue weighted by atomic mass is 10.2. The number of ether oxygens (including phenoxy) is 2. The highest BCUT2D eigenvalue weighted by Gasteiger charge is 2.24. The molecule has 0 bridgehead atoms. The van der Waals surface area contributed by atoms with Crippen LogP contribution in [-0.2, 0) is 9.53 Å². The van der Waals surface area contributed by atoms with Crippen molar-refractivity contribution >= 4 is 22.4 Å². The first kappa shape index (κ1) is 16.0. The van der Waals surface area contributed by atoms with Gasteiger partial charge in [0.25, 0.3) is 5.91 Å². The molecule has 1 aliphatic heterocycles. The van der Waals surface area contributed by atoms with Gasteiger partial charge in [0.1, 0.15) is 11.9 Å². The Morgan fingerprint density at radius 1 is 1.43 bits per heavy atom. The van der Waals surface area contributed by atoms with Crippen molar-refractivity contribution in [3.05, 3.63) is 29.6 Å². The maximum Gasteiger partial charge on any atom is 0.255 e. The van der Waals surface area contributed by atoms with Crippen LogP contribution in [0.2, 0.25) is 0 Å². The van der Waals surface area contributed by atoms with E-state index in [-0.39, 0.29) is 12.0 Å². The highest BCUT2D eigenvalue weighted by Crippen LogP contribution is 2.27. The molecule has 0 saturated carbocycles. The number of carbonyl (C=O) groups excluding carboxylic acids is 1. The van der Waals surface area contributed by atoms with Crippen LogP contribution in [0.3, 0.4) is 0 Å². The monoisotopic (exact) mass is 332 g/mol. The van der Waals surface area contributed by atoms with E-state index in [1.54, 1.807) is 0 Å². The smallest absolute Gasteiger partial charge is 0.255 e. The zero-order chi connectivity index (χ0) is 16.1. The van der Waals surface area contributed by atoms with Crippen LogP contribution in [0.15, 0.2) is 29.6 Å². The van der Waals surface area contributed by atoms with E-state index in [1.807, 2.05) is 29.6 Å². The maximum atomic E-state index is 12.0. The first-order valence-electron chi connectivity index (χ1n) is 7.87. The van der Waals surface area contributed by atoms with Crippen LogP contribution in [0.4, 0.5) is 5.13 Å². The van der Waals surface area contributed by atoms with Gasteiger partial charge in [-0.2, -0.15) is 0 Å². The maximum absolute atomic E-state index is 12.0. The molecule has 1 atom stereocenters. The molecule has 2 heterocycles. The Morgan fingerprint density at radius 2 is 2.26 bits per heavy atom. The summed E-state index contributed by atoms with van der Waals surface area (Å²) in [6.45, 7) is 3.46. The van der Waals surface area contributed by atoms with Gasteiger partial charge in [-0.3, -0.25) is 10.1 Å². The quantitative estimate of drug-likeness (QED) is 0.876. The lowest BCUT2D eigenvalue weighted by Gasteiger charge is -2.07. The van der Waals surface area contributed by atoms with Gasteiger partial charge >= 0.3 is 0 Å². The van der Waals surface area contributed by atoms with E-state index in [0.717, 1.165) is 42.9 Å². The Labute approximate surface area is 139 Å². The second kappa shape index (κ2) is 7.57. The number of aromatic nitrogens is 1. The molecule has 0 aliphatic carbocycles. The van der Waals surface area contributed by atoms with Gasteiger partial charge in [0.15, 0.2) is 5.13 Å². The van der Waals surface area contributed by atoms with E-state index < -0.39 is 0 Å². The molecule has 1 saturated heterocycles. The van der Waals surface area contributed by atoms with E-state index >= 15 is 0 Å². The molecule has 3 rings (SSSR count). The van der Waals surface area contributed by atoms with Crippen LogP contribution in [0.25, 0.3) is 11.3 Å². The van der Waals surface area contributed by atoms with E-state index in [2.05, 4.69) is 17.2 Å². The van der Waals surface area contributed by atoms with Gasteiger partial charge < -0.3 is 9.47 Å². The van der Waals surface area contributed by atoms with E-state index in [1.165, 1.54) is 11.3 Å². The number of hydrogen-bond acceptors (Lipinski definition) is 5. The predicted octanol–water partition coefficient (Wildman–Crippen LogP) is 3.72. The number of benzene rings is 1. The molecule has 1 fully saturated rings. The van der Waals surface area contributed by atoms with E-state index in [0.29, 0.717) is 11.7 Å². The van der Waals surface area contributed by atoms with Crippen molar-refractivity contribution in [1.82, 2.24) is 4.98 Å². The van der Waals surface area contributed by atoms with Crippen LogP contribution < -0.4 is 10.1 Å². The average molecular weight is 332 g/mol. The third kappa shape index (κ3) is 4.09. The van der Waals surface area contributed by atoms with E-state index in [9.17, 15) is 4.79 Å². The molecule has 1 amide bonds. The number of thiazole rings is 1. The molecule has 1 aromatic heterocycles. The summed E-state index contributed by atoms with van der Waals surface area (Å²) in [6, 6.07) is 7.83. The van der Waals surface area contributed by atoms with Gasteiger partial charge in [-0.1, -0.05) is 6.92 Å². The summed E-state index contributed by atoms with van der Waals surface area (Å²) >= 11 is 1.42. The Morgan fingerprint density at radius 3 is 2.96 bits per heavy atom. The molecule has 2 aromatic rings. The standard InChI is InChI=1S/C17H20N2O3S/c1-2-9-21-13-7-5-12(6-8-13)14-11-23-17(18-14)19-16(20)15-4-3-10-22-15/h5-8,11,15H,2-4,9-10H2,1H3,(H,18,19,20). The van der Waals surface area contributed by atoms with Gasteiger partial charge in [-0.15, -0.1) is 11.3 Å². The molecule has 5 nitrogen and oxygen atoms in total. The van der Waals surface area contributed by atoms with Crippen molar-refractivity contribution in [3.8, 4) is 17.0 Å². The summed E-state index contributed by atoms with van der Waals surface area (Å²) in [5.74, 6) is 0.754. The summed E-state index contributed by atoms with van der Waals surface area (Å²) < 4.78 is 10.9. The number of anilines is 1. The van der Waals surface area contributed by atoms with Crippen LogP contribution >= 0.6 is 11.3 Å². The zero-order valence-corrected chi connectivity index (χ0v) is 13.9. The first-order chi connectivity index (χ1) is 11.3. The molecule has 1 aromatic carbocycles. The Bertz CT molecular complexity index is 648. The Hall–Kier alpha value is -1.92. The number of nitrogens with zero attached hydrogens (tertiary/aromatic N) is 1. The second-order valence-electron chi connectivity index (χ2n) is 5.40. The predicted molar refractivity (Wildman–Crippen MR) is 90.9 cm³/mol. The first-order valence-corrected chi connectivity index (χ1v) is 8.75. The molecule has 1 unspecified atom stereocenters. The van der Waals surface area contributed by atoms with Crippen molar-refractivity contribution < 1.29 is 14.3 Å². The van der Waals surface area contributed by atoms with Crippen molar-refractivity contribution in [2.45, 2.75) is 32.3 Å². The van der Waals surface area contributed by atoms with Gasteiger partial charge in [-0.05, 0) is 43.5 Å². The fourth-order valence-corrected chi connectivity index (χ4v) is 3.10. The van der Waals surface area contributed by atoms with Gasteiger partial charge in [-0.25, -0.2) is 4.98 Å². The van der Waals surface area contributed by atoms with Crippen molar-refractivity contribution in [1.29, 1.82) is 0 Å². The lowest BCUT2D eigenvalue weighted by molar-refractivity contribution is -0.124. The fraction of sp³-hybridized carbons (Fsp3) is 0.412. The van der Waals surface area contributed by atoms with Gasteiger partial charge in [0, 0.05) is 17.6 Å². The van der Waals surface area contributed by atoms with Crippen molar-refractivity contribution in [2.75, 3.05) is 18.5 Å². The van der Waals surface area contributed by atoms with Gasteiger partial charge in [0.2, 0.25) is 0 Å². The average Bonchev–Trinajstić information content (AvgIpc) is 3.25. The number of amides is 1. The Balaban J connectivity index is 1.63. The number of rotatable bonds is 6. The molecule has 122 valence electrons. The summed E-state index contributed by atoms with van der Waals surface area (Å²) in [7, 11) is 0. The largest absolute Gasteiger partial charge is 0.494 e. The molecular weight excluding hydrogens is 312 g/mol. The van der Waals surface area contributed by atoms with Gasteiger partial charge in [0.05, 0.1) is 12.3 Å². The van der Waals surface area contributed by atoms with Crippen LogP contribution in [0.1, 0.15) is 26.2 Å². The molecule has 1 N–H and O–H groups in total. The van der Waals surface area contributed by atoms with E-state index in [4.69, 9.17) is 9.47 Å². The minimum Gasteiger partial charge on any atom is -0.494 e. The molecule has 0 radical (unpaired) electrons. The number of hydrogen-bond donors (Lipinski definition) is 1. The topological polar surface area (TPSA) is 60.5 Å². The summed E-state index contributed by atoms with van der Waals surface area (Å²) in [4.78, 5) is 16.5. The minimum absolute atomic E-state index is 0.105. The minimum atomic E-state index is -0.336. The normalized spacial score (nSPS) is 17.2. The molecule has 1 aliphatic rings. The third-order valence-electron chi connectivity index (χ3n) is 3.58.